The highest BCUT2D eigenvalue weighted by Gasteiger charge is 2.17. The molecule has 0 aromatic heterocycles. The van der Waals surface area contributed by atoms with Gasteiger partial charge in [-0.2, -0.15) is 0 Å². The lowest BCUT2D eigenvalue weighted by Gasteiger charge is -2.25. The second kappa shape index (κ2) is 3.63. The Bertz CT molecular complexity index is 597. The fraction of sp³-hybridized carbons (Fsp3) is 0.250. The molecule has 2 aromatic rings. The molecule has 0 bridgehead atoms. The van der Waals surface area contributed by atoms with E-state index < -0.39 is 0 Å². The maximum atomic E-state index is 3.60. The first-order valence-electron chi connectivity index (χ1n) is 6.11. The fourth-order valence-electron chi connectivity index (χ4n) is 2.76. The molecule has 0 atom stereocenters. The second-order valence-electron chi connectivity index (χ2n) is 5.03. The Kier molecular flexibility index (Phi) is 2.22. The van der Waals surface area contributed by atoms with Gasteiger partial charge in [-0.3, -0.25) is 0 Å². The van der Waals surface area contributed by atoms with Crippen molar-refractivity contribution in [3.05, 3.63) is 58.1 Å². The van der Waals surface area contributed by atoms with Crippen molar-refractivity contribution in [2.24, 2.45) is 0 Å². The van der Waals surface area contributed by atoms with Gasteiger partial charge in [-0.25, -0.2) is 0 Å². The minimum atomic E-state index is 1.04. The smallest absolute Gasteiger partial charge is 0.0450 e. The maximum Gasteiger partial charge on any atom is 0.0450 e. The molecule has 0 fully saturated rings. The molecule has 2 aromatic carbocycles. The molecule has 1 nitrogen and oxygen atoms in total. The molecule has 1 N–H and O–H groups in total. The van der Waals surface area contributed by atoms with Gasteiger partial charge in [0, 0.05) is 17.8 Å². The van der Waals surface area contributed by atoms with Gasteiger partial charge >= 0.3 is 0 Å². The lowest BCUT2D eigenvalue weighted by molar-refractivity contribution is 1.12. The molecule has 0 radical (unpaired) electrons. The molecule has 0 aliphatic carbocycles. The Balaban J connectivity index is 2.17. The Labute approximate surface area is 102 Å². The third kappa shape index (κ3) is 1.62. The van der Waals surface area contributed by atoms with Crippen molar-refractivity contribution in [3.63, 3.8) is 0 Å². The number of aryl methyl sites for hydroxylation is 3. The number of rotatable bonds is 0. The lowest BCUT2D eigenvalue weighted by atomic mass is 9.92. The second-order valence-corrected chi connectivity index (χ2v) is 5.03. The van der Waals surface area contributed by atoms with Gasteiger partial charge < -0.3 is 5.32 Å². The highest BCUT2D eigenvalue weighted by molar-refractivity contribution is 5.76. The van der Waals surface area contributed by atoms with Gasteiger partial charge in [-0.1, -0.05) is 35.9 Å². The van der Waals surface area contributed by atoms with E-state index in [1.165, 1.54) is 39.2 Å². The largest absolute Gasteiger partial charge is 0.355 e. The average Bonchev–Trinajstić information content (AvgIpc) is 2.27. The lowest BCUT2D eigenvalue weighted by Crippen LogP contribution is -2.09. The van der Waals surface area contributed by atoms with Gasteiger partial charge in [-0.05, 0) is 43.0 Å². The molecule has 3 rings (SSSR count). The van der Waals surface area contributed by atoms with Crippen molar-refractivity contribution in [1.82, 2.24) is 0 Å². The number of fused-ring (bicyclic) bond motifs is 2. The van der Waals surface area contributed by atoms with Crippen molar-refractivity contribution in [2.75, 3.05) is 5.32 Å². The number of para-hydroxylation sites is 1. The van der Waals surface area contributed by atoms with Gasteiger partial charge in [0.25, 0.3) is 0 Å². The number of hydrogen-bond donors (Lipinski definition) is 1. The molecule has 1 aliphatic rings. The van der Waals surface area contributed by atoms with Crippen LogP contribution >= 0.6 is 0 Å². The molecule has 0 amide bonds. The van der Waals surface area contributed by atoms with Gasteiger partial charge in [-0.15, -0.1) is 0 Å². The van der Waals surface area contributed by atoms with E-state index in [2.05, 4.69) is 56.4 Å². The molecule has 0 saturated heterocycles. The summed E-state index contributed by atoms with van der Waals surface area (Å²) in [6, 6.07) is 11.1. The number of anilines is 2. The normalized spacial score (nSPS) is 12.6. The van der Waals surface area contributed by atoms with Crippen LogP contribution in [0.5, 0.6) is 0 Å². The van der Waals surface area contributed by atoms with E-state index in [4.69, 9.17) is 0 Å². The third-order valence-corrected chi connectivity index (χ3v) is 3.55. The van der Waals surface area contributed by atoms with E-state index in [0.29, 0.717) is 0 Å². The molecule has 1 heterocycles. The summed E-state index contributed by atoms with van der Waals surface area (Å²) in [7, 11) is 0. The fourth-order valence-corrected chi connectivity index (χ4v) is 2.76. The van der Waals surface area contributed by atoms with Crippen LogP contribution in [-0.2, 0) is 6.42 Å². The van der Waals surface area contributed by atoms with E-state index in [1.807, 2.05) is 0 Å². The highest BCUT2D eigenvalue weighted by Crippen LogP contribution is 2.37. The Morgan fingerprint density at radius 1 is 0.882 bits per heavy atom. The Morgan fingerprint density at radius 3 is 2.47 bits per heavy atom. The van der Waals surface area contributed by atoms with Gasteiger partial charge in [0.1, 0.15) is 0 Å². The molecule has 0 saturated carbocycles. The minimum absolute atomic E-state index is 1.04. The van der Waals surface area contributed by atoms with E-state index in [0.717, 1.165) is 6.42 Å². The summed E-state index contributed by atoms with van der Waals surface area (Å²) in [4.78, 5) is 0. The zero-order valence-electron chi connectivity index (χ0n) is 10.6. The summed E-state index contributed by atoms with van der Waals surface area (Å²) in [5.41, 5.74) is 9.44. The maximum absolute atomic E-state index is 3.60. The van der Waals surface area contributed by atoms with Crippen molar-refractivity contribution >= 4 is 11.4 Å². The van der Waals surface area contributed by atoms with E-state index in [9.17, 15) is 0 Å². The molecule has 86 valence electrons. The topological polar surface area (TPSA) is 12.0 Å². The van der Waals surface area contributed by atoms with Crippen molar-refractivity contribution in [3.8, 4) is 0 Å². The molecule has 1 aliphatic heterocycles. The van der Waals surface area contributed by atoms with Crippen molar-refractivity contribution in [2.45, 2.75) is 27.2 Å². The van der Waals surface area contributed by atoms with E-state index >= 15 is 0 Å². The monoisotopic (exact) mass is 223 g/mol. The summed E-state index contributed by atoms with van der Waals surface area (Å²) in [6.07, 6.45) is 1.04. The Hall–Kier alpha value is -1.76. The van der Waals surface area contributed by atoms with Gasteiger partial charge in [0.15, 0.2) is 0 Å². The summed E-state index contributed by atoms with van der Waals surface area (Å²) in [6.45, 7) is 6.52. The van der Waals surface area contributed by atoms with Crippen LogP contribution in [0, 0.1) is 20.8 Å². The van der Waals surface area contributed by atoms with E-state index in [1.54, 1.807) is 0 Å². The zero-order chi connectivity index (χ0) is 12.0. The summed E-state index contributed by atoms with van der Waals surface area (Å²) >= 11 is 0. The van der Waals surface area contributed by atoms with Crippen LogP contribution in [0.25, 0.3) is 0 Å². The summed E-state index contributed by atoms with van der Waals surface area (Å²) in [5, 5.41) is 3.60. The third-order valence-electron chi connectivity index (χ3n) is 3.55. The van der Waals surface area contributed by atoms with E-state index in [-0.39, 0.29) is 0 Å². The van der Waals surface area contributed by atoms with Crippen LogP contribution in [0.15, 0.2) is 30.3 Å². The van der Waals surface area contributed by atoms with Crippen molar-refractivity contribution in [1.29, 1.82) is 0 Å². The summed E-state index contributed by atoms with van der Waals surface area (Å²) in [5.74, 6) is 0. The standard InChI is InChI=1S/C16H17N/c1-10-7-12(3)16-14(8-10)9-13-6-4-5-11(2)15(13)17-16/h4-8,17H,9H2,1-3H3. The van der Waals surface area contributed by atoms with Gasteiger partial charge in [0.2, 0.25) is 0 Å². The molecule has 17 heavy (non-hydrogen) atoms. The van der Waals surface area contributed by atoms with Crippen LogP contribution in [0.2, 0.25) is 0 Å². The first kappa shape index (κ1) is 10.4. The van der Waals surface area contributed by atoms with Crippen LogP contribution in [-0.4, -0.2) is 0 Å². The first-order valence-corrected chi connectivity index (χ1v) is 6.11. The quantitative estimate of drug-likeness (QED) is 0.600. The average molecular weight is 223 g/mol. The van der Waals surface area contributed by atoms with Crippen LogP contribution in [0.4, 0.5) is 11.4 Å². The van der Waals surface area contributed by atoms with Crippen LogP contribution in [0.3, 0.4) is 0 Å². The zero-order valence-corrected chi connectivity index (χ0v) is 10.6. The predicted octanol–water partition coefficient (Wildman–Crippen LogP) is 4.26. The number of hydrogen-bond acceptors (Lipinski definition) is 1. The Morgan fingerprint density at radius 2 is 1.65 bits per heavy atom. The SMILES string of the molecule is Cc1cc(C)c2c(c1)Cc1cccc(C)c1N2. The molecule has 0 unspecified atom stereocenters. The highest BCUT2D eigenvalue weighted by atomic mass is 14.9. The summed E-state index contributed by atoms with van der Waals surface area (Å²) < 4.78 is 0. The van der Waals surface area contributed by atoms with Gasteiger partial charge in [0.05, 0.1) is 0 Å². The van der Waals surface area contributed by atoms with Crippen LogP contribution in [0.1, 0.15) is 27.8 Å². The molecular weight excluding hydrogens is 206 g/mol. The molecule has 0 spiro atoms. The first-order chi connectivity index (χ1) is 8.15. The predicted molar refractivity (Wildman–Crippen MR) is 73.2 cm³/mol. The number of nitrogens with one attached hydrogen (secondary N) is 1. The van der Waals surface area contributed by atoms with Crippen LogP contribution < -0.4 is 5.32 Å². The van der Waals surface area contributed by atoms with Crippen molar-refractivity contribution < 1.29 is 0 Å². The molecule has 1 heteroatoms. The number of benzene rings is 2. The molecular formula is C16H17N. The minimum Gasteiger partial charge on any atom is -0.355 e.